The highest BCUT2D eigenvalue weighted by Crippen LogP contribution is 2.22. The van der Waals surface area contributed by atoms with Gasteiger partial charge in [0.05, 0.1) is 16.3 Å². The maximum absolute atomic E-state index is 12.1. The van der Waals surface area contributed by atoms with Crippen molar-refractivity contribution in [2.75, 3.05) is 10.5 Å². The Bertz CT molecular complexity index is 671. The van der Waals surface area contributed by atoms with Crippen molar-refractivity contribution >= 4 is 33.0 Å². The molecular formula is C12H11ClN2O2S. The Hall–Kier alpha value is -1.72. The van der Waals surface area contributed by atoms with E-state index in [9.17, 15) is 8.42 Å². The average Bonchev–Trinajstić information content (AvgIpc) is 2.32. The van der Waals surface area contributed by atoms with Crippen molar-refractivity contribution in [2.24, 2.45) is 0 Å². The SMILES string of the molecule is Nc1ccccc1NS(=O)(=O)c1cccc(Cl)c1. The van der Waals surface area contributed by atoms with E-state index < -0.39 is 10.0 Å². The summed E-state index contributed by atoms with van der Waals surface area (Å²) in [6, 6.07) is 12.7. The first kappa shape index (κ1) is 12.7. The Morgan fingerprint density at radius 2 is 1.78 bits per heavy atom. The summed E-state index contributed by atoms with van der Waals surface area (Å²) in [4.78, 5) is 0.0956. The van der Waals surface area contributed by atoms with E-state index in [0.29, 0.717) is 16.4 Å². The zero-order chi connectivity index (χ0) is 13.2. The van der Waals surface area contributed by atoms with Gasteiger partial charge in [-0.05, 0) is 30.3 Å². The number of nitrogen functional groups attached to an aromatic ring is 1. The number of hydrogen-bond acceptors (Lipinski definition) is 3. The first-order valence-corrected chi connectivity index (χ1v) is 6.98. The van der Waals surface area contributed by atoms with Crippen LogP contribution >= 0.6 is 11.6 Å². The van der Waals surface area contributed by atoms with Crippen LogP contribution in [-0.2, 0) is 10.0 Å². The quantitative estimate of drug-likeness (QED) is 0.850. The van der Waals surface area contributed by atoms with Crippen LogP contribution in [0.25, 0.3) is 0 Å². The third-order valence-electron chi connectivity index (χ3n) is 2.31. The Balaban J connectivity index is 2.37. The number of anilines is 2. The smallest absolute Gasteiger partial charge is 0.262 e. The monoisotopic (exact) mass is 282 g/mol. The van der Waals surface area contributed by atoms with Crippen LogP contribution in [0.5, 0.6) is 0 Å². The van der Waals surface area contributed by atoms with Crippen molar-refractivity contribution in [1.29, 1.82) is 0 Å². The molecule has 6 heteroatoms. The van der Waals surface area contributed by atoms with Crippen LogP contribution in [0.4, 0.5) is 11.4 Å². The van der Waals surface area contributed by atoms with Gasteiger partial charge in [-0.3, -0.25) is 4.72 Å². The van der Waals surface area contributed by atoms with Crippen molar-refractivity contribution in [3.63, 3.8) is 0 Å². The zero-order valence-electron chi connectivity index (χ0n) is 9.30. The van der Waals surface area contributed by atoms with Gasteiger partial charge in [-0.25, -0.2) is 8.42 Å². The molecule has 0 radical (unpaired) electrons. The molecule has 0 atom stereocenters. The topological polar surface area (TPSA) is 72.2 Å². The standard InChI is InChI=1S/C12H11ClN2O2S/c13-9-4-3-5-10(8-9)18(16,17)15-12-7-2-1-6-11(12)14/h1-8,15H,14H2. The predicted octanol–water partition coefficient (Wildman–Crippen LogP) is 2.72. The summed E-state index contributed by atoms with van der Waals surface area (Å²) >= 11 is 5.77. The van der Waals surface area contributed by atoms with Crippen molar-refractivity contribution < 1.29 is 8.42 Å². The Kier molecular flexibility index (Phi) is 3.45. The lowest BCUT2D eigenvalue weighted by atomic mass is 10.3. The number of nitrogens with two attached hydrogens (primary N) is 1. The molecule has 0 heterocycles. The number of hydrogen-bond donors (Lipinski definition) is 2. The molecule has 0 aliphatic rings. The zero-order valence-corrected chi connectivity index (χ0v) is 10.9. The molecule has 0 fully saturated rings. The molecule has 0 saturated carbocycles. The fourth-order valence-corrected chi connectivity index (χ4v) is 2.82. The second-order valence-corrected chi connectivity index (χ2v) is 5.77. The van der Waals surface area contributed by atoms with Crippen molar-refractivity contribution in [1.82, 2.24) is 0 Å². The largest absolute Gasteiger partial charge is 0.397 e. The second-order valence-electron chi connectivity index (χ2n) is 3.65. The van der Waals surface area contributed by atoms with Crippen LogP contribution in [-0.4, -0.2) is 8.42 Å². The number of para-hydroxylation sites is 2. The lowest BCUT2D eigenvalue weighted by molar-refractivity contribution is 0.601. The first-order chi connectivity index (χ1) is 8.49. The van der Waals surface area contributed by atoms with E-state index in [4.69, 9.17) is 17.3 Å². The van der Waals surface area contributed by atoms with E-state index in [0.717, 1.165) is 0 Å². The van der Waals surface area contributed by atoms with Gasteiger partial charge in [-0.2, -0.15) is 0 Å². The van der Waals surface area contributed by atoms with Crippen LogP contribution in [0.2, 0.25) is 5.02 Å². The molecule has 0 unspecified atom stereocenters. The second kappa shape index (κ2) is 4.88. The number of benzene rings is 2. The molecule has 4 nitrogen and oxygen atoms in total. The summed E-state index contributed by atoms with van der Waals surface area (Å²) in [6.07, 6.45) is 0. The molecular weight excluding hydrogens is 272 g/mol. The minimum absolute atomic E-state index is 0.0956. The van der Waals surface area contributed by atoms with E-state index >= 15 is 0 Å². The van der Waals surface area contributed by atoms with Crippen molar-refractivity contribution in [3.8, 4) is 0 Å². The van der Waals surface area contributed by atoms with Crippen LogP contribution < -0.4 is 10.5 Å². The number of halogens is 1. The Morgan fingerprint density at radius 3 is 2.44 bits per heavy atom. The van der Waals surface area contributed by atoms with Crippen LogP contribution in [0.1, 0.15) is 0 Å². The van der Waals surface area contributed by atoms with E-state index in [1.807, 2.05) is 0 Å². The minimum Gasteiger partial charge on any atom is -0.397 e. The van der Waals surface area contributed by atoms with Crippen LogP contribution in [0, 0.1) is 0 Å². The summed E-state index contributed by atoms with van der Waals surface area (Å²) in [6.45, 7) is 0. The van der Waals surface area contributed by atoms with Gasteiger partial charge >= 0.3 is 0 Å². The average molecular weight is 283 g/mol. The molecule has 18 heavy (non-hydrogen) atoms. The van der Waals surface area contributed by atoms with Gasteiger partial charge < -0.3 is 5.73 Å². The highest BCUT2D eigenvalue weighted by atomic mass is 35.5. The number of nitrogens with one attached hydrogen (secondary N) is 1. The lowest BCUT2D eigenvalue weighted by Crippen LogP contribution is -2.13. The summed E-state index contributed by atoms with van der Waals surface area (Å²) in [5, 5.41) is 0.360. The van der Waals surface area contributed by atoms with Gasteiger partial charge in [0.2, 0.25) is 0 Å². The van der Waals surface area contributed by atoms with E-state index in [1.165, 1.54) is 12.1 Å². The maximum atomic E-state index is 12.1. The van der Waals surface area contributed by atoms with E-state index in [1.54, 1.807) is 36.4 Å². The molecule has 94 valence electrons. The highest BCUT2D eigenvalue weighted by molar-refractivity contribution is 7.92. The first-order valence-electron chi connectivity index (χ1n) is 5.12. The van der Waals surface area contributed by atoms with Crippen LogP contribution in [0.3, 0.4) is 0 Å². The lowest BCUT2D eigenvalue weighted by Gasteiger charge is -2.10. The third-order valence-corrected chi connectivity index (χ3v) is 3.91. The molecule has 2 aromatic rings. The highest BCUT2D eigenvalue weighted by Gasteiger charge is 2.15. The van der Waals surface area contributed by atoms with Gasteiger partial charge in [0, 0.05) is 5.02 Å². The number of sulfonamides is 1. The summed E-state index contributed by atoms with van der Waals surface area (Å²) in [7, 11) is -3.67. The minimum atomic E-state index is -3.67. The number of rotatable bonds is 3. The summed E-state index contributed by atoms with van der Waals surface area (Å²) < 4.78 is 26.6. The Labute approximate surface area is 110 Å². The molecule has 2 rings (SSSR count). The van der Waals surface area contributed by atoms with Crippen molar-refractivity contribution in [3.05, 3.63) is 53.6 Å². The van der Waals surface area contributed by atoms with Crippen LogP contribution in [0.15, 0.2) is 53.4 Å². The summed E-state index contributed by atoms with van der Waals surface area (Å²) in [5.74, 6) is 0. The van der Waals surface area contributed by atoms with Gasteiger partial charge in [0.25, 0.3) is 10.0 Å². The van der Waals surface area contributed by atoms with Gasteiger partial charge in [0.1, 0.15) is 0 Å². The van der Waals surface area contributed by atoms with E-state index in [-0.39, 0.29) is 4.90 Å². The van der Waals surface area contributed by atoms with Crippen molar-refractivity contribution in [2.45, 2.75) is 4.90 Å². The molecule has 0 amide bonds. The molecule has 0 spiro atoms. The fraction of sp³-hybridized carbons (Fsp3) is 0. The van der Waals surface area contributed by atoms with Gasteiger partial charge in [-0.1, -0.05) is 29.8 Å². The van der Waals surface area contributed by atoms with Gasteiger partial charge in [0.15, 0.2) is 0 Å². The molecule has 3 N–H and O–H groups in total. The molecule has 0 aliphatic carbocycles. The summed E-state index contributed by atoms with van der Waals surface area (Å²) in [5.41, 5.74) is 6.39. The molecule has 0 saturated heterocycles. The maximum Gasteiger partial charge on any atom is 0.262 e. The van der Waals surface area contributed by atoms with E-state index in [2.05, 4.69) is 4.72 Å². The molecule has 0 aliphatic heterocycles. The molecule has 0 bridgehead atoms. The fourth-order valence-electron chi connectivity index (χ4n) is 1.43. The van der Waals surface area contributed by atoms with Gasteiger partial charge in [-0.15, -0.1) is 0 Å². The molecule has 2 aromatic carbocycles. The molecule has 0 aromatic heterocycles. The normalized spacial score (nSPS) is 11.2. The Morgan fingerprint density at radius 1 is 1.06 bits per heavy atom. The third kappa shape index (κ3) is 2.75. The predicted molar refractivity (Wildman–Crippen MR) is 73.1 cm³/mol.